The van der Waals surface area contributed by atoms with Crippen LogP contribution in [0.4, 0.5) is 4.39 Å². The highest BCUT2D eigenvalue weighted by Crippen LogP contribution is 2.19. The minimum absolute atomic E-state index is 0.172. The quantitative estimate of drug-likeness (QED) is 0.740. The molecule has 0 atom stereocenters. The number of nitriles is 1. The maximum absolute atomic E-state index is 13.2. The number of hydrogen-bond donors (Lipinski definition) is 0. The Hall–Kier alpha value is -2.94. The number of aromatic nitrogens is 3. The first-order chi connectivity index (χ1) is 10.2. The highest BCUT2D eigenvalue weighted by molar-refractivity contribution is 5.80. The van der Waals surface area contributed by atoms with Crippen molar-refractivity contribution in [3.8, 4) is 11.8 Å². The minimum atomic E-state index is -0.483. The number of methoxy groups -OCH3 is 1. The normalized spacial score (nSPS) is 10.5. The van der Waals surface area contributed by atoms with E-state index >= 15 is 0 Å². The van der Waals surface area contributed by atoms with Gasteiger partial charge in [-0.05, 0) is 23.8 Å². The number of nitrogens with zero attached hydrogens (tertiary/aromatic N) is 4. The summed E-state index contributed by atoms with van der Waals surface area (Å²) in [6, 6.07) is 10.7. The molecule has 0 aliphatic carbocycles. The van der Waals surface area contributed by atoms with Crippen molar-refractivity contribution < 1.29 is 9.13 Å². The fourth-order valence-electron chi connectivity index (χ4n) is 2.13. The molecule has 104 valence electrons. The molecular formula is C15H11FN4O. The second-order valence-corrected chi connectivity index (χ2v) is 4.49. The van der Waals surface area contributed by atoms with Crippen molar-refractivity contribution in [3.05, 3.63) is 53.6 Å². The predicted octanol–water partition coefficient (Wildman–Crippen LogP) is 2.50. The van der Waals surface area contributed by atoms with Gasteiger partial charge in [-0.25, -0.2) is 14.1 Å². The Labute approximate surface area is 120 Å². The van der Waals surface area contributed by atoms with E-state index in [4.69, 9.17) is 10.00 Å². The van der Waals surface area contributed by atoms with Crippen molar-refractivity contribution in [1.29, 1.82) is 5.26 Å². The monoisotopic (exact) mass is 282 g/mol. The van der Waals surface area contributed by atoms with Gasteiger partial charge < -0.3 is 4.74 Å². The number of hydrogen-bond acceptors (Lipinski definition) is 4. The number of pyridine rings is 1. The molecule has 0 saturated carbocycles. The van der Waals surface area contributed by atoms with Crippen molar-refractivity contribution >= 4 is 11.0 Å². The maximum atomic E-state index is 13.2. The van der Waals surface area contributed by atoms with Gasteiger partial charge in [-0.3, -0.25) is 0 Å². The topological polar surface area (TPSA) is 63.7 Å². The molecule has 0 radical (unpaired) electrons. The van der Waals surface area contributed by atoms with Crippen LogP contribution >= 0.6 is 0 Å². The summed E-state index contributed by atoms with van der Waals surface area (Å²) in [6.07, 6.45) is 1.12. The molecule has 0 aliphatic rings. The van der Waals surface area contributed by atoms with Crippen LogP contribution in [0.15, 0.2) is 36.5 Å². The van der Waals surface area contributed by atoms with E-state index in [2.05, 4.69) is 10.1 Å². The van der Waals surface area contributed by atoms with Gasteiger partial charge in [0.1, 0.15) is 17.6 Å². The maximum Gasteiger partial charge on any atom is 0.172 e. The zero-order valence-electron chi connectivity index (χ0n) is 11.2. The van der Waals surface area contributed by atoms with Gasteiger partial charge >= 0.3 is 0 Å². The molecule has 0 bridgehead atoms. The predicted molar refractivity (Wildman–Crippen MR) is 74.3 cm³/mol. The first-order valence-electron chi connectivity index (χ1n) is 6.26. The average Bonchev–Trinajstić information content (AvgIpc) is 2.85. The molecule has 5 nitrogen and oxygen atoms in total. The van der Waals surface area contributed by atoms with Crippen LogP contribution in [-0.4, -0.2) is 21.9 Å². The van der Waals surface area contributed by atoms with Crippen molar-refractivity contribution in [3.63, 3.8) is 0 Å². The van der Waals surface area contributed by atoms with Crippen molar-refractivity contribution in [2.24, 2.45) is 0 Å². The molecule has 0 unspecified atom stereocenters. The summed E-state index contributed by atoms with van der Waals surface area (Å²) < 4.78 is 19.9. The van der Waals surface area contributed by atoms with E-state index in [1.165, 1.54) is 6.07 Å². The van der Waals surface area contributed by atoms with Crippen LogP contribution in [0.3, 0.4) is 0 Å². The summed E-state index contributed by atoms with van der Waals surface area (Å²) in [5.41, 5.74) is 1.64. The first-order valence-corrected chi connectivity index (χ1v) is 6.26. The van der Waals surface area contributed by atoms with Crippen LogP contribution in [0.2, 0.25) is 0 Å². The van der Waals surface area contributed by atoms with E-state index in [-0.39, 0.29) is 5.69 Å². The van der Waals surface area contributed by atoms with Crippen LogP contribution in [0.25, 0.3) is 11.0 Å². The van der Waals surface area contributed by atoms with Gasteiger partial charge in [0.05, 0.1) is 25.2 Å². The highest BCUT2D eigenvalue weighted by atomic mass is 19.1. The summed E-state index contributed by atoms with van der Waals surface area (Å²) in [6.45, 7) is 0.445. The molecule has 3 aromatic rings. The van der Waals surface area contributed by atoms with Crippen LogP contribution in [0.1, 0.15) is 11.3 Å². The lowest BCUT2D eigenvalue weighted by Crippen LogP contribution is -2.03. The van der Waals surface area contributed by atoms with Gasteiger partial charge in [0, 0.05) is 0 Å². The lowest BCUT2D eigenvalue weighted by Gasteiger charge is -2.04. The number of rotatable bonds is 3. The lowest BCUT2D eigenvalue weighted by molar-refractivity contribution is 0.414. The SMILES string of the molecule is COc1ccc(Cn2nc(C#N)c3cc(F)cnc32)cc1. The largest absolute Gasteiger partial charge is 0.497 e. The molecule has 0 fully saturated rings. The summed E-state index contributed by atoms with van der Waals surface area (Å²) in [5.74, 6) is 0.282. The van der Waals surface area contributed by atoms with E-state index in [9.17, 15) is 4.39 Å². The second kappa shape index (κ2) is 5.21. The summed E-state index contributed by atoms with van der Waals surface area (Å²) in [5, 5.41) is 13.7. The summed E-state index contributed by atoms with van der Waals surface area (Å²) >= 11 is 0. The van der Waals surface area contributed by atoms with E-state index in [1.54, 1.807) is 11.8 Å². The van der Waals surface area contributed by atoms with Gasteiger partial charge in [0.2, 0.25) is 0 Å². The van der Waals surface area contributed by atoms with E-state index in [0.29, 0.717) is 17.6 Å². The zero-order valence-corrected chi connectivity index (χ0v) is 11.2. The molecule has 2 heterocycles. The van der Waals surface area contributed by atoms with E-state index in [1.807, 2.05) is 30.3 Å². The Balaban J connectivity index is 2.02. The molecule has 1 aromatic carbocycles. The summed E-state index contributed by atoms with van der Waals surface area (Å²) in [4.78, 5) is 4.03. The third-order valence-corrected chi connectivity index (χ3v) is 3.15. The van der Waals surface area contributed by atoms with Crippen LogP contribution < -0.4 is 4.74 Å². The first kappa shape index (κ1) is 13.1. The molecule has 3 rings (SSSR count). The molecule has 21 heavy (non-hydrogen) atoms. The molecular weight excluding hydrogens is 271 g/mol. The van der Waals surface area contributed by atoms with Crippen LogP contribution in [0.5, 0.6) is 5.75 Å². The molecule has 2 aromatic heterocycles. The fraction of sp³-hybridized carbons (Fsp3) is 0.133. The number of halogens is 1. The Bertz CT molecular complexity index is 833. The van der Waals surface area contributed by atoms with Crippen molar-refractivity contribution in [1.82, 2.24) is 14.8 Å². The minimum Gasteiger partial charge on any atom is -0.497 e. The Morgan fingerprint density at radius 1 is 1.33 bits per heavy atom. The Morgan fingerprint density at radius 2 is 2.10 bits per heavy atom. The highest BCUT2D eigenvalue weighted by Gasteiger charge is 2.12. The van der Waals surface area contributed by atoms with Gasteiger partial charge in [0.15, 0.2) is 11.3 Å². The molecule has 0 N–H and O–H groups in total. The zero-order chi connectivity index (χ0) is 14.8. The molecule has 6 heteroatoms. The van der Waals surface area contributed by atoms with Gasteiger partial charge in [-0.2, -0.15) is 10.4 Å². The number of fused-ring (bicyclic) bond motifs is 1. The Kier molecular flexibility index (Phi) is 3.24. The molecule has 0 amide bonds. The second-order valence-electron chi connectivity index (χ2n) is 4.49. The molecule has 0 spiro atoms. The molecule has 0 saturated heterocycles. The summed E-state index contributed by atoms with van der Waals surface area (Å²) in [7, 11) is 1.60. The third kappa shape index (κ3) is 2.41. The van der Waals surface area contributed by atoms with Gasteiger partial charge in [-0.15, -0.1) is 0 Å². The number of benzene rings is 1. The molecule has 0 aliphatic heterocycles. The average molecular weight is 282 g/mol. The van der Waals surface area contributed by atoms with Gasteiger partial charge in [-0.1, -0.05) is 12.1 Å². The van der Waals surface area contributed by atoms with Crippen molar-refractivity contribution in [2.75, 3.05) is 7.11 Å². The van der Waals surface area contributed by atoms with E-state index < -0.39 is 5.82 Å². The smallest absolute Gasteiger partial charge is 0.172 e. The van der Waals surface area contributed by atoms with Gasteiger partial charge in [0.25, 0.3) is 0 Å². The lowest BCUT2D eigenvalue weighted by atomic mass is 10.2. The van der Waals surface area contributed by atoms with Crippen LogP contribution in [-0.2, 0) is 6.54 Å². The fourth-order valence-corrected chi connectivity index (χ4v) is 2.13. The standard InChI is InChI=1S/C15H11FN4O/c1-21-12-4-2-10(3-5-12)9-20-15-13(14(7-17)19-20)6-11(16)8-18-15/h2-6,8H,9H2,1H3. The van der Waals surface area contributed by atoms with E-state index in [0.717, 1.165) is 17.5 Å². The number of ether oxygens (including phenoxy) is 1. The van der Waals surface area contributed by atoms with Crippen LogP contribution in [0, 0.1) is 17.1 Å². The van der Waals surface area contributed by atoms with Crippen molar-refractivity contribution in [2.45, 2.75) is 6.54 Å². The Morgan fingerprint density at radius 3 is 2.76 bits per heavy atom. The third-order valence-electron chi connectivity index (χ3n) is 3.15.